The van der Waals surface area contributed by atoms with Gasteiger partial charge in [0.2, 0.25) is 0 Å². The van der Waals surface area contributed by atoms with Crippen molar-refractivity contribution in [1.29, 1.82) is 0 Å². The minimum absolute atomic E-state index is 0.0207. The summed E-state index contributed by atoms with van der Waals surface area (Å²) in [5.41, 5.74) is 1.83. The molecule has 0 aromatic heterocycles. The van der Waals surface area contributed by atoms with Gasteiger partial charge in [0.15, 0.2) is 6.61 Å². The number of hydrazone groups is 1. The number of nitrogens with zero attached hydrogens (tertiary/aromatic N) is 3. The topological polar surface area (TPSA) is 123 Å². The van der Waals surface area contributed by atoms with Crippen LogP contribution >= 0.6 is 0 Å². The Bertz CT molecular complexity index is 1000. The van der Waals surface area contributed by atoms with Crippen LogP contribution in [0.1, 0.15) is 23.7 Å². The molecule has 0 fully saturated rings. The van der Waals surface area contributed by atoms with Gasteiger partial charge in [-0.2, -0.15) is 5.10 Å². The van der Waals surface area contributed by atoms with Gasteiger partial charge in [-0.25, -0.2) is 4.79 Å². The van der Waals surface area contributed by atoms with E-state index in [0.717, 1.165) is 24.4 Å². The smallest absolute Gasteiger partial charge is 0.338 e. The van der Waals surface area contributed by atoms with E-state index >= 15 is 0 Å². The molecule has 1 aliphatic rings. The third-order valence-electron chi connectivity index (χ3n) is 4.39. The van der Waals surface area contributed by atoms with E-state index in [1.807, 2.05) is 11.9 Å². The Balaban J connectivity index is 1.57. The molecular formula is C20H20N4O6. The first kappa shape index (κ1) is 20.8. The molecule has 2 aromatic rings. The molecule has 10 heteroatoms. The summed E-state index contributed by atoms with van der Waals surface area (Å²) in [4.78, 5) is 34.8. The van der Waals surface area contributed by atoms with Crippen LogP contribution in [-0.4, -0.2) is 42.8 Å². The number of nitro benzene ring substituents is 1. The summed E-state index contributed by atoms with van der Waals surface area (Å²) in [6.07, 6.45) is 0.894. The van der Waals surface area contributed by atoms with Crippen LogP contribution in [0.3, 0.4) is 0 Å². The van der Waals surface area contributed by atoms with Crippen LogP contribution in [0.2, 0.25) is 0 Å². The summed E-state index contributed by atoms with van der Waals surface area (Å²) >= 11 is 0. The molecule has 1 N–H and O–H groups in total. The average molecular weight is 412 g/mol. The number of carbonyl (C=O) groups is 2. The fraction of sp³-hybridized carbons (Fsp3) is 0.250. The third kappa shape index (κ3) is 4.90. The molecule has 0 unspecified atom stereocenters. The monoisotopic (exact) mass is 412 g/mol. The zero-order valence-electron chi connectivity index (χ0n) is 16.5. The van der Waals surface area contributed by atoms with E-state index in [4.69, 9.17) is 9.47 Å². The molecule has 0 saturated heterocycles. The van der Waals surface area contributed by atoms with Crippen molar-refractivity contribution in [3.63, 3.8) is 0 Å². The molecule has 0 bridgehead atoms. The Hall–Kier alpha value is -3.95. The van der Waals surface area contributed by atoms with Crippen molar-refractivity contribution in [2.45, 2.75) is 13.3 Å². The molecule has 2 aromatic carbocycles. The largest absolute Gasteiger partial charge is 0.496 e. The SMILES string of the molecule is COc1ccc(NC(=O)COC(=O)c2ccc(N3CCC(C)=N3)cc2)c([N+](=O)[O-])c1. The molecule has 0 aliphatic carbocycles. The standard InChI is InChI=1S/C20H20N4O6/c1-13-9-10-23(22-13)15-5-3-14(4-6-15)20(26)30-12-19(25)21-17-8-7-16(29-2)11-18(17)24(27)28/h3-8,11H,9-10,12H2,1-2H3,(H,21,25). The molecule has 0 saturated carbocycles. The molecule has 0 spiro atoms. The number of anilines is 2. The van der Waals surface area contributed by atoms with Crippen molar-refractivity contribution in [1.82, 2.24) is 0 Å². The molecule has 156 valence electrons. The third-order valence-corrected chi connectivity index (χ3v) is 4.39. The molecule has 1 amide bonds. The lowest BCUT2D eigenvalue weighted by Crippen LogP contribution is -2.21. The zero-order chi connectivity index (χ0) is 21.7. The number of hydrogen-bond donors (Lipinski definition) is 1. The minimum atomic E-state index is -0.699. The van der Waals surface area contributed by atoms with Gasteiger partial charge in [0.05, 0.1) is 29.4 Å². The molecule has 1 heterocycles. The maximum atomic E-state index is 12.2. The number of nitrogens with one attached hydrogen (secondary N) is 1. The van der Waals surface area contributed by atoms with Gasteiger partial charge in [-0.05, 0) is 43.3 Å². The van der Waals surface area contributed by atoms with Crippen LogP contribution in [0.5, 0.6) is 5.75 Å². The quantitative estimate of drug-likeness (QED) is 0.421. The molecule has 3 rings (SSSR count). The van der Waals surface area contributed by atoms with E-state index in [1.54, 1.807) is 24.3 Å². The summed E-state index contributed by atoms with van der Waals surface area (Å²) in [6, 6.07) is 10.7. The second-order valence-electron chi connectivity index (χ2n) is 6.52. The van der Waals surface area contributed by atoms with E-state index in [0.29, 0.717) is 0 Å². The van der Waals surface area contributed by atoms with E-state index in [1.165, 1.54) is 25.3 Å². The van der Waals surface area contributed by atoms with Crippen LogP contribution in [0, 0.1) is 10.1 Å². The lowest BCUT2D eigenvalue weighted by molar-refractivity contribution is -0.384. The lowest BCUT2D eigenvalue weighted by Gasteiger charge is -2.13. The summed E-state index contributed by atoms with van der Waals surface area (Å²) in [5.74, 6) is -1.10. The predicted octanol–water partition coefficient (Wildman–Crippen LogP) is 2.98. The zero-order valence-corrected chi connectivity index (χ0v) is 16.5. The van der Waals surface area contributed by atoms with Gasteiger partial charge >= 0.3 is 5.97 Å². The minimum Gasteiger partial charge on any atom is -0.496 e. The maximum absolute atomic E-state index is 12.2. The van der Waals surface area contributed by atoms with Gasteiger partial charge in [-0.3, -0.25) is 19.9 Å². The Morgan fingerprint density at radius 2 is 1.97 bits per heavy atom. The number of nitro groups is 1. The van der Waals surface area contributed by atoms with Crippen molar-refractivity contribution in [2.75, 3.05) is 30.6 Å². The van der Waals surface area contributed by atoms with Gasteiger partial charge in [0.1, 0.15) is 11.4 Å². The molecule has 0 atom stereocenters. The van der Waals surface area contributed by atoms with E-state index in [2.05, 4.69) is 10.4 Å². The number of carbonyl (C=O) groups excluding carboxylic acids is 2. The number of methoxy groups -OCH3 is 1. The maximum Gasteiger partial charge on any atom is 0.338 e. The van der Waals surface area contributed by atoms with Crippen LogP contribution < -0.4 is 15.1 Å². The van der Waals surface area contributed by atoms with Gasteiger partial charge in [-0.15, -0.1) is 0 Å². The molecule has 0 radical (unpaired) electrons. The van der Waals surface area contributed by atoms with Crippen LogP contribution in [0.4, 0.5) is 17.1 Å². The second kappa shape index (κ2) is 9.03. The van der Waals surface area contributed by atoms with Gasteiger partial charge in [0, 0.05) is 18.7 Å². The second-order valence-corrected chi connectivity index (χ2v) is 6.52. The van der Waals surface area contributed by atoms with Crippen molar-refractivity contribution in [3.8, 4) is 5.75 Å². The Labute approximate surface area is 172 Å². The molecular weight excluding hydrogens is 392 g/mol. The molecule has 30 heavy (non-hydrogen) atoms. The first-order valence-electron chi connectivity index (χ1n) is 9.08. The highest BCUT2D eigenvalue weighted by molar-refractivity contribution is 5.97. The van der Waals surface area contributed by atoms with Crippen LogP contribution in [0.25, 0.3) is 0 Å². The predicted molar refractivity (Wildman–Crippen MR) is 110 cm³/mol. The summed E-state index contributed by atoms with van der Waals surface area (Å²) < 4.78 is 9.95. The first-order chi connectivity index (χ1) is 14.4. The summed E-state index contributed by atoms with van der Waals surface area (Å²) in [7, 11) is 1.38. The average Bonchev–Trinajstić information content (AvgIpc) is 3.18. The number of amides is 1. The summed E-state index contributed by atoms with van der Waals surface area (Å²) in [6.45, 7) is 2.16. The van der Waals surface area contributed by atoms with E-state index in [9.17, 15) is 19.7 Å². The highest BCUT2D eigenvalue weighted by atomic mass is 16.6. The van der Waals surface area contributed by atoms with Crippen molar-refractivity contribution < 1.29 is 24.0 Å². The number of ether oxygens (including phenoxy) is 2. The summed E-state index contributed by atoms with van der Waals surface area (Å²) in [5, 5.41) is 19.8. The molecule has 10 nitrogen and oxygen atoms in total. The van der Waals surface area contributed by atoms with E-state index < -0.39 is 23.4 Å². The number of esters is 1. The fourth-order valence-electron chi connectivity index (χ4n) is 2.83. The first-order valence-corrected chi connectivity index (χ1v) is 9.08. The van der Waals surface area contributed by atoms with Crippen molar-refractivity contribution in [3.05, 3.63) is 58.1 Å². The Morgan fingerprint density at radius 3 is 2.57 bits per heavy atom. The fourth-order valence-corrected chi connectivity index (χ4v) is 2.83. The van der Waals surface area contributed by atoms with Crippen molar-refractivity contribution >= 4 is 34.7 Å². The highest BCUT2D eigenvalue weighted by Crippen LogP contribution is 2.29. The normalized spacial score (nSPS) is 12.9. The van der Waals surface area contributed by atoms with Gasteiger partial charge in [0.25, 0.3) is 11.6 Å². The Morgan fingerprint density at radius 1 is 1.23 bits per heavy atom. The van der Waals surface area contributed by atoms with Crippen LogP contribution in [0.15, 0.2) is 47.6 Å². The number of benzene rings is 2. The lowest BCUT2D eigenvalue weighted by atomic mass is 10.2. The van der Waals surface area contributed by atoms with Crippen molar-refractivity contribution in [2.24, 2.45) is 5.10 Å². The van der Waals surface area contributed by atoms with Gasteiger partial charge in [-0.1, -0.05) is 0 Å². The van der Waals surface area contributed by atoms with Gasteiger partial charge < -0.3 is 14.8 Å². The number of rotatable bonds is 7. The Kier molecular flexibility index (Phi) is 6.26. The van der Waals surface area contributed by atoms with E-state index in [-0.39, 0.29) is 22.7 Å². The number of hydrogen-bond acceptors (Lipinski definition) is 8. The van der Waals surface area contributed by atoms with Crippen LogP contribution in [-0.2, 0) is 9.53 Å². The highest BCUT2D eigenvalue weighted by Gasteiger charge is 2.19. The molecule has 1 aliphatic heterocycles.